The molecule has 96 valence electrons. The molecule has 0 rings (SSSR count). The van der Waals surface area contributed by atoms with E-state index in [0.717, 1.165) is 12.8 Å². The number of methoxy groups -OCH3 is 1. The fourth-order valence-corrected chi connectivity index (χ4v) is 1.49. The molecule has 0 saturated carbocycles. The average molecular weight is 232 g/mol. The van der Waals surface area contributed by atoms with Crippen molar-refractivity contribution in [2.24, 2.45) is 11.7 Å². The van der Waals surface area contributed by atoms with Crippen LogP contribution in [-0.2, 0) is 9.53 Å². The second kappa shape index (κ2) is 9.57. The van der Waals surface area contributed by atoms with Crippen molar-refractivity contribution >= 4 is 5.91 Å². The number of nitrogens with two attached hydrogens (primary N) is 1. The molecule has 0 bridgehead atoms. The summed E-state index contributed by atoms with van der Waals surface area (Å²) in [5, 5.41) is 12.1. The number of aliphatic hydroxyl groups is 1. The van der Waals surface area contributed by atoms with Gasteiger partial charge in [-0.2, -0.15) is 0 Å². The Kier molecular flexibility index (Phi) is 9.18. The molecule has 0 aliphatic rings. The fourth-order valence-electron chi connectivity index (χ4n) is 1.49. The summed E-state index contributed by atoms with van der Waals surface area (Å²) >= 11 is 0. The molecular formula is C11H24N2O3. The van der Waals surface area contributed by atoms with E-state index in [9.17, 15) is 9.90 Å². The highest BCUT2D eigenvalue weighted by Gasteiger charge is 2.15. The van der Waals surface area contributed by atoms with Crippen LogP contribution in [0, 0.1) is 5.92 Å². The highest BCUT2D eigenvalue weighted by atomic mass is 16.5. The molecule has 0 aromatic heterocycles. The minimum atomic E-state index is -0.521. The van der Waals surface area contributed by atoms with Crippen molar-refractivity contribution in [3.8, 4) is 0 Å². The zero-order chi connectivity index (χ0) is 12.4. The van der Waals surface area contributed by atoms with Crippen molar-refractivity contribution < 1.29 is 14.6 Å². The summed E-state index contributed by atoms with van der Waals surface area (Å²) in [6.45, 7) is 3.16. The summed E-state index contributed by atoms with van der Waals surface area (Å²) in [5.74, 6) is -0.126. The van der Waals surface area contributed by atoms with Crippen molar-refractivity contribution in [3.05, 3.63) is 0 Å². The molecule has 2 atom stereocenters. The first-order valence-corrected chi connectivity index (χ1v) is 5.80. The smallest absolute Gasteiger partial charge is 0.224 e. The summed E-state index contributed by atoms with van der Waals surface area (Å²) in [4.78, 5) is 11.6. The van der Waals surface area contributed by atoms with Crippen molar-refractivity contribution in [1.82, 2.24) is 5.32 Å². The molecule has 0 radical (unpaired) electrons. The van der Waals surface area contributed by atoms with Crippen molar-refractivity contribution in [3.63, 3.8) is 0 Å². The highest BCUT2D eigenvalue weighted by molar-refractivity contribution is 5.78. The van der Waals surface area contributed by atoms with Crippen LogP contribution >= 0.6 is 0 Å². The molecule has 2 unspecified atom stereocenters. The first-order chi connectivity index (χ1) is 7.65. The third kappa shape index (κ3) is 6.76. The van der Waals surface area contributed by atoms with E-state index in [4.69, 9.17) is 10.5 Å². The Morgan fingerprint density at radius 3 is 2.69 bits per heavy atom. The molecule has 0 heterocycles. The Morgan fingerprint density at radius 2 is 2.19 bits per heavy atom. The number of hydrogen-bond donors (Lipinski definition) is 3. The average Bonchev–Trinajstić information content (AvgIpc) is 2.26. The maximum atomic E-state index is 11.6. The number of ether oxygens (including phenoxy) is 1. The van der Waals surface area contributed by atoms with Crippen LogP contribution in [0.2, 0.25) is 0 Å². The van der Waals surface area contributed by atoms with Crippen molar-refractivity contribution in [1.29, 1.82) is 0 Å². The third-order valence-electron chi connectivity index (χ3n) is 2.43. The number of aliphatic hydroxyl groups excluding tert-OH is 1. The molecule has 0 saturated heterocycles. The molecule has 0 aromatic rings. The van der Waals surface area contributed by atoms with Gasteiger partial charge in [-0.05, 0) is 12.8 Å². The largest absolute Gasteiger partial charge is 0.391 e. The summed E-state index contributed by atoms with van der Waals surface area (Å²) < 4.78 is 4.79. The van der Waals surface area contributed by atoms with Gasteiger partial charge in [0.25, 0.3) is 0 Å². The van der Waals surface area contributed by atoms with E-state index in [0.29, 0.717) is 26.1 Å². The van der Waals surface area contributed by atoms with Gasteiger partial charge < -0.3 is 20.9 Å². The number of nitrogens with one attached hydrogen (secondary N) is 1. The van der Waals surface area contributed by atoms with E-state index in [2.05, 4.69) is 5.32 Å². The SMILES string of the molecule is CCCC(CN)C(=O)NCCC(O)COC. The van der Waals surface area contributed by atoms with E-state index >= 15 is 0 Å². The summed E-state index contributed by atoms with van der Waals surface area (Å²) in [7, 11) is 1.54. The van der Waals surface area contributed by atoms with Gasteiger partial charge in [0.1, 0.15) is 0 Å². The summed E-state index contributed by atoms with van der Waals surface area (Å²) in [5.41, 5.74) is 5.51. The van der Waals surface area contributed by atoms with Crippen LogP contribution in [0.3, 0.4) is 0 Å². The molecule has 4 N–H and O–H groups in total. The molecule has 1 amide bonds. The third-order valence-corrected chi connectivity index (χ3v) is 2.43. The van der Waals surface area contributed by atoms with Gasteiger partial charge in [0.15, 0.2) is 0 Å². The van der Waals surface area contributed by atoms with Crippen molar-refractivity contribution in [2.75, 3.05) is 26.8 Å². The van der Waals surface area contributed by atoms with Crippen LogP contribution in [0.15, 0.2) is 0 Å². The lowest BCUT2D eigenvalue weighted by atomic mass is 10.0. The molecule has 0 aliphatic heterocycles. The molecule has 5 heteroatoms. The van der Waals surface area contributed by atoms with E-state index in [1.807, 2.05) is 6.92 Å². The van der Waals surface area contributed by atoms with Gasteiger partial charge in [0.05, 0.1) is 18.6 Å². The van der Waals surface area contributed by atoms with Gasteiger partial charge in [0, 0.05) is 20.2 Å². The molecule has 0 fully saturated rings. The lowest BCUT2D eigenvalue weighted by Gasteiger charge is -2.15. The molecule has 0 aromatic carbocycles. The van der Waals surface area contributed by atoms with Crippen LogP contribution in [0.5, 0.6) is 0 Å². The van der Waals surface area contributed by atoms with Crippen LogP contribution in [0.4, 0.5) is 0 Å². The maximum absolute atomic E-state index is 11.6. The summed E-state index contributed by atoms with van der Waals surface area (Å²) in [6, 6.07) is 0. The Hall–Kier alpha value is -0.650. The lowest BCUT2D eigenvalue weighted by molar-refractivity contribution is -0.125. The second-order valence-electron chi connectivity index (χ2n) is 3.91. The van der Waals surface area contributed by atoms with E-state index in [1.165, 1.54) is 7.11 Å². The van der Waals surface area contributed by atoms with Gasteiger partial charge >= 0.3 is 0 Å². The Morgan fingerprint density at radius 1 is 1.50 bits per heavy atom. The van der Waals surface area contributed by atoms with Gasteiger partial charge in [-0.3, -0.25) is 4.79 Å². The molecule has 0 spiro atoms. The molecule has 16 heavy (non-hydrogen) atoms. The van der Waals surface area contributed by atoms with E-state index in [1.54, 1.807) is 0 Å². The topological polar surface area (TPSA) is 84.6 Å². The van der Waals surface area contributed by atoms with Gasteiger partial charge in [0.2, 0.25) is 5.91 Å². The first-order valence-electron chi connectivity index (χ1n) is 5.80. The molecule has 5 nitrogen and oxygen atoms in total. The Bertz CT molecular complexity index is 188. The van der Waals surface area contributed by atoms with Gasteiger partial charge in [-0.1, -0.05) is 13.3 Å². The normalized spacial score (nSPS) is 14.5. The minimum Gasteiger partial charge on any atom is -0.391 e. The predicted molar refractivity (Wildman–Crippen MR) is 63.0 cm³/mol. The van der Waals surface area contributed by atoms with Crippen LogP contribution < -0.4 is 11.1 Å². The quantitative estimate of drug-likeness (QED) is 0.517. The maximum Gasteiger partial charge on any atom is 0.224 e. The van der Waals surface area contributed by atoms with Crippen LogP contribution in [0.25, 0.3) is 0 Å². The Balaban J connectivity index is 3.70. The second-order valence-corrected chi connectivity index (χ2v) is 3.91. The van der Waals surface area contributed by atoms with E-state index < -0.39 is 6.10 Å². The number of carbonyl (C=O) groups is 1. The number of hydrogen-bond acceptors (Lipinski definition) is 4. The van der Waals surface area contributed by atoms with Crippen molar-refractivity contribution in [2.45, 2.75) is 32.3 Å². The number of carbonyl (C=O) groups excluding carboxylic acids is 1. The molecule has 0 aliphatic carbocycles. The lowest BCUT2D eigenvalue weighted by Crippen LogP contribution is -2.36. The van der Waals surface area contributed by atoms with Crippen LogP contribution in [0.1, 0.15) is 26.2 Å². The molecular weight excluding hydrogens is 208 g/mol. The van der Waals surface area contributed by atoms with Gasteiger partial charge in [-0.25, -0.2) is 0 Å². The predicted octanol–water partition coefficient (Wildman–Crippen LogP) is -0.125. The van der Waals surface area contributed by atoms with E-state index in [-0.39, 0.29) is 11.8 Å². The standard InChI is InChI=1S/C11H24N2O3/c1-3-4-9(7-12)11(15)13-6-5-10(14)8-16-2/h9-10,14H,3-8,12H2,1-2H3,(H,13,15). The monoisotopic (exact) mass is 232 g/mol. The number of rotatable bonds is 9. The highest BCUT2D eigenvalue weighted by Crippen LogP contribution is 2.04. The zero-order valence-electron chi connectivity index (χ0n) is 10.2. The van der Waals surface area contributed by atoms with Crippen LogP contribution in [-0.4, -0.2) is 43.9 Å². The minimum absolute atomic E-state index is 0.0195. The fraction of sp³-hybridized carbons (Fsp3) is 0.909. The van der Waals surface area contributed by atoms with Gasteiger partial charge in [-0.15, -0.1) is 0 Å². The summed E-state index contributed by atoms with van der Waals surface area (Å²) in [6.07, 6.45) is 1.74. The Labute approximate surface area is 97.3 Å². The first kappa shape index (κ1) is 15.3. The number of amides is 1. The zero-order valence-corrected chi connectivity index (χ0v) is 10.2.